The van der Waals surface area contributed by atoms with E-state index in [-0.39, 0.29) is 0 Å². The second-order valence-corrected chi connectivity index (χ2v) is 4.03. The maximum atomic E-state index is 5.47. The Kier molecular flexibility index (Phi) is 5.50. The van der Waals surface area contributed by atoms with E-state index in [0.29, 0.717) is 12.5 Å². The van der Waals surface area contributed by atoms with E-state index in [9.17, 15) is 0 Å². The fourth-order valence-electron chi connectivity index (χ4n) is 0.713. The molecule has 0 heterocycles. The van der Waals surface area contributed by atoms with Crippen LogP contribution in [0.5, 0.6) is 5.75 Å². The van der Waals surface area contributed by atoms with Crippen molar-refractivity contribution in [3.05, 3.63) is 27.8 Å². The Morgan fingerprint density at radius 1 is 1.23 bits per heavy atom. The van der Waals surface area contributed by atoms with E-state index in [1.54, 1.807) is 0 Å². The van der Waals surface area contributed by atoms with Gasteiger partial charge in [0.15, 0.2) is 5.75 Å². The minimum Gasteiger partial charge on any atom is -0.338 e. The highest BCUT2D eigenvalue weighted by molar-refractivity contribution is 14.1. The Bertz CT molecular complexity index is 238. The van der Waals surface area contributed by atoms with Crippen molar-refractivity contribution in [3.63, 3.8) is 0 Å². The summed E-state index contributed by atoms with van der Waals surface area (Å²) in [5, 5.41) is 0. The first kappa shape index (κ1) is 11.1. The molecule has 0 spiro atoms. The fourth-order valence-corrected chi connectivity index (χ4v) is 1.18. The van der Waals surface area contributed by atoms with Crippen LogP contribution in [0.25, 0.3) is 0 Å². The second kappa shape index (κ2) is 6.45. The van der Waals surface area contributed by atoms with Gasteiger partial charge in [-0.3, -0.25) is 0 Å². The summed E-state index contributed by atoms with van der Waals surface area (Å²) in [6, 6.07) is 7.65. The summed E-state index contributed by atoms with van der Waals surface area (Å²) >= 11 is 7.70. The molecule has 1 aromatic rings. The van der Waals surface area contributed by atoms with Crippen LogP contribution in [0, 0.1) is 3.57 Å². The molecule has 1 aromatic carbocycles. The smallest absolute Gasteiger partial charge is 0.165 e. The van der Waals surface area contributed by atoms with Gasteiger partial charge in [0.1, 0.15) is 0 Å². The molecule has 0 aliphatic heterocycles. The van der Waals surface area contributed by atoms with Crippen molar-refractivity contribution in [1.82, 2.24) is 0 Å². The molecule has 1 rings (SSSR count). The SMILES string of the molecule is ClCCCOOc1ccc(I)cc1. The molecule has 0 amide bonds. The zero-order chi connectivity index (χ0) is 9.52. The lowest BCUT2D eigenvalue weighted by Gasteiger charge is -2.03. The molecule has 13 heavy (non-hydrogen) atoms. The minimum atomic E-state index is 0.523. The molecule has 0 fully saturated rings. The van der Waals surface area contributed by atoms with Crippen molar-refractivity contribution in [3.8, 4) is 5.75 Å². The lowest BCUT2D eigenvalue weighted by molar-refractivity contribution is -0.206. The first-order valence-corrected chi connectivity index (χ1v) is 5.55. The third-order valence-electron chi connectivity index (χ3n) is 1.33. The summed E-state index contributed by atoms with van der Waals surface area (Å²) in [6.45, 7) is 0.523. The molecule has 0 aliphatic rings. The van der Waals surface area contributed by atoms with Crippen LogP contribution in [0.4, 0.5) is 0 Å². The van der Waals surface area contributed by atoms with Crippen molar-refractivity contribution in [2.24, 2.45) is 0 Å². The molecule has 2 nitrogen and oxygen atoms in total. The topological polar surface area (TPSA) is 18.5 Å². The molecule has 0 saturated carbocycles. The van der Waals surface area contributed by atoms with Crippen LogP contribution in [0.1, 0.15) is 6.42 Å². The number of hydrogen-bond donors (Lipinski definition) is 0. The Morgan fingerprint density at radius 3 is 2.54 bits per heavy atom. The predicted octanol–water partition coefficient (Wildman–Crippen LogP) is 3.23. The summed E-state index contributed by atoms with van der Waals surface area (Å²) in [7, 11) is 0. The van der Waals surface area contributed by atoms with Crippen LogP contribution in [-0.2, 0) is 4.89 Å². The van der Waals surface area contributed by atoms with E-state index in [4.69, 9.17) is 21.4 Å². The Labute approximate surface area is 96.2 Å². The summed E-state index contributed by atoms with van der Waals surface area (Å²) in [5.41, 5.74) is 0. The minimum absolute atomic E-state index is 0.523. The molecule has 0 aromatic heterocycles. The highest BCUT2D eigenvalue weighted by atomic mass is 127. The van der Waals surface area contributed by atoms with E-state index in [0.717, 1.165) is 12.2 Å². The summed E-state index contributed by atoms with van der Waals surface area (Å²) < 4.78 is 1.17. The van der Waals surface area contributed by atoms with Crippen molar-refractivity contribution in [1.29, 1.82) is 0 Å². The Hall–Kier alpha value is -0.000000000000000111. The molecule has 0 bridgehead atoms. The first-order valence-electron chi connectivity index (χ1n) is 3.94. The van der Waals surface area contributed by atoms with Gasteiger partial charge in [-0.2, -0.15) is 4.89 Å². The van der Waals surface area contributed by atoms with Crippen LogP contribution >= 0.6 is 34.2 Å². The van der Waals surface area contributed by atoms with Crippen LogP contribution in [0.15, 0.2) is 24.3 Å². The molecule has 0 unspecified atom stereocenters. The molecule has 0 atom stereocenters. The number of halogens is 2. The second-order valence-electron chi connectivity index (χ2n) is 2.40. The van der Waals surface area contributed by atoms with Crippen molar-refractivity contribution < 1.29 is 9.78 Å². The number of hydrogen-bond acceptors (Lipinski definition) is 2. The number of rotatable bonds is 5. The first-order chi connectivity index (χ1) is 6.33. The zero-order valence-electron chi connectivity index (χ0n) is 7.00. The van der Waals surface area contributed by atoms with Gasteiger partial charge in [-0.15, -0.1) is 11.6 Å². The van der Waals surface area contributed by atoms with E-state index in [1.807, 2.05) is 24.3 Å². The molecule has 0 saturated heterocycles. The monoisotopic (exact) mass is 312 g/mol. The lowest BCUT2D eigenvalue weighted by Crippen LogP contribution is -1.99. The zero-order valence-corrected chi connectivity index (χ0v) is 9.92. The normalized spacial score (nSPS) is 10.0. The average molecular weight is 313 g/mol. The molecule has 0 N–H and O–H groups in total. The summed E-state index contributed by atoms with van der Waals surface area (Å²) in [4.78, 5) is 9.91. The van der Waals surface area contributed by atoms with Gasteiger partial charge < -0.3 is 4.89 Å². The van der Waals surface area contributed by atoms with E-state index >= 15 is 0 Å². The van der Waals surface area contributed by atoms with Gasteiger partial charge >= 0.3 is 0 Å². The van der Waals surface area contributed by atoms with Gasteiger partial charge in [-0.25, -0.2) is 0 Å². The van der Waals surface area contributed by atoms with Gasteiger partial charge in [0.05, 0.1) is 6.61 Å². The van der Waals surface area contributed by atoms with Crippen LogP contribution in [-0.4, -0.2) is 12.5 Å². The third-order valence-corrected chi connectivity index (χ3v) is 2.32. The van der Waals surface area contributed by atoms with Crippen LogP contribution < -0.4 is 4.89 Å². The molecule has 4 heteroatoms. The van der Waals surface area contributed by atoms with Crippen molar-refractivity contribution >= 4 is 34.2 Å². The van der Waals surface area contributed by atoms with Gasteiger partial charge in [-0.1, -0.05) is 0 Å². The maximum Gasteiger partial charge on any atom is 0.165 e. The van der Waals surface area contributed by atoms with Crippen LogP contribution in [0.2, 0.25) is 0 Å². The van der Waals surface area contributed by atoms with Crippen LogP contribution in [0.3, 0.4) is 0 Å². The highest BCUT2D eigenvalue weighted by Gasteiger charge is 1.93. The molecule has 0 aliphatic carbocycles. The van der Waals surface area contributed by atoms with E-state index in [1.165, 1.54) is 3.57 Å². The van der Waals surface area contributed by atoms with Crippen molar-refractivity contribution in [2.45, 2.75) is 6.42 Å². The third kappa shape index (κ3) is 4.69. The van der Waals surface area contributed by atoms with Gasteiger partial charge in [0.2, 0.25) is 0 Å². The number of alkyl halides is 1. The summed E-state index contributed by atoms with van der Waals surface area (Å²) in [5.74, 6) is 1.31. The maximum absolute atomic E-state index is 5.47. The predicted molar refractivity (Wildman–Crippen MR) is 61.1 cm³/mol. The molecule has 0 radical (unpaired) electrons. The average Bonchev–Trinajstić information content (AvgIpc) is 2.15. The fraction of sp³-hybridized carbons (Fsp3) is 0.333. The number of benzene rings is 1. The molecular weight excluding hydrogens is 302 g/mol. The Morgan fingerprint density at radius 2 is 1.92 bits per heavy atom. The highest BCUT2D eigenvalue weighted by Crippen LogP contribution is 2.13. The van der Waals surface area contributed by atoms with Crippen molar-refractivity contribution in [2.75, 3.05) is 12.5 Å². The standard InChI is InChI=1S/C9H10ClIO2/c10-6-1-7-12-13-9-4-2-8(11)3-5-9/h2-5H,1,6-7H2. The van der Waals surface area contributed by atoms with Gasteiger partial charge in [-0.05, 0) is 53.3 Å². The largest absolute Gasteiger partial charge is 0.338 e. The lowest BCUT2D eigenvalue weighted by atomic mass is 10.3. The van der Waals surface area contributed by atoms with E-state index in [2.05, 4.69) is 22.6 Å². The molecular formula is C9H10ClIO2. The molecule has 72 valence electrons. The van der Waals surface area contributed by atoms with E-state index < -0.39 is 0 Å². The summed E-state index contributed by atoms with van der Waals surface area (Å²) in [6.07, 6.45) is 0.798. The van der Waals surface area contributed by atoms with Gasteiger partial charge in [0, 0.05) is 9.45 Å². The van der Waals surface area contributed by atoms with Gasteiger partial charge in [0.25, 0.3) is 0 Å². The quantitative estimate of drug-likeness (QED) is 0.273. The Balaban J connectivity index is 2.25.